The first-order chi connectivity index (χ1) is 8.75. The number of hydrogen-bond acceptors (Lipinski definition) is 3. The standard InChI is InChI=1S/C14H15N3O/c1-17-7-6-16-14(17)13(18)11-3-2-10-4-5-15-9-12(10)8-11/h2-3,6-8,15H,4-5,9H2,1H3. The second-order valence-corrected chi connectivity index (χ2v) is 4.60. The second kappa shape index (κ2) is 4.38. The molecule has 2 heterocycles. The third kappa shape index (κ3) is 1.84. The molecule has 1 N–H and O–H groups in total. The van der Waals surface area contributed by atoms with E-state index in [0.717, 1.165) is 19.5 Å². The van der Waals surface area contributed by atoms with E-state index < -0.39 is 0 Å². The van der Waals surface area contributed by atoms with Crippen molar-refractivity contribution in [3.05, 3.63) is 53.1 Å². The molecule has 0 saturated heterocycles. The minimum atomic E-state index is -0.0177. The Kier molecular flexibility index (Phi) is 2.72. The van der Waals surface area contributed by atoms with E-state index in [1.165, 1.54) is 11.1 Å². The van der Waals surface area contributed by atoms with E-state index >= 15 is 0 Å². The summed E-state index contributed by atoms with van der Waals surface area (Å²) in [7, 11) is 1.83. The van der Waals surface area contributed by atoms with Crippen molar-refractivity contribution in [3.8, 4) is 0 Å². The number of ketones is 1. The van der Waals surface area contributed by atoms with Crippen LogP contribution in [0.1, 0.15) is 27.3 Å². The fraction of sp³-hybridized carbons (Fsp3) is 0.286. The largest absolute Gasteiger partial charge is 0.331 e. The Bertz CT molecular complexity index is 601. The highest BCUT2D eigenvalue weighted by Crippen LogP contribution is 2.17. The third-order valence-electron chi connectivity index (χ3n) is 3.38. The molecule has 0 fully saturated rings. The Hall–Kier alpha value is -1.94. The van der Waals surface area contributed by atoms with Crippen LogP contribution >= 0.6 is 0 Å². The van der Waals surface area contributed by atoms with Gasteiger partial charge in [-0.05, 0) is 30.2 Å². The summed E-state index contributed by atoms with van der Waals surface area (Å²) in [4.78, 5) is 16.4. The van der Waals surface area contributed by atoms with Gasteiger partial charge in [-0.1, -0.05) is 12.1 Å². The summed E-state index contributed by atoms with van der Waals surface area (Å²) in [5.41, 5.74) is 3.28. The molecule has 4 heteroatoms. The van der Waals surface area contributed by atoms with Crippen molar-refractivity contribution >= 4 is 5.78 Å². The van der Waals surface area contributed by atoms with Crippen LogP contribution in [0.3, 0.4) is 0 Å². The van der Waals surface area contributed by atoms with Crippen LogP contribution in [-0.2, 0) is 20.0 Å². The molecule has 3 rings (SSSR count). The van der Waals surface area contributed by atoms with Gasteiger partial charge in [0.05, 0.1) is 0 Å². The summed E-state index contributed by atoms with van der Waals surface area (Å²) in [5.74, 6) is 0.467. The maximum atomic E-state index is 12.3. The molecule has 0 unspecified atom stereocenters. The van der Waals surface area contributed by atoms with Crippen molar-refractivity contribution in [2.75, 3.05) is 6.54 Å². The Balaban J connectivity index is 1.98. The van der Waals surface area contributed by atoms with Gasteiger partial charge in [0.15, 0.2) is 5.82 Å². The smallest absolute Gasteiger partial charge is 0.228 e. The molecule has 0 bridgehead atoms. The number of benzene rings is 1. The average Bonchev–Trinajstić information content (AvgIpc) is 2.83. The molecule has 0 saturated carbocycles. The highest BCUT2D eigenvalue weighted by molar-refractivity contribution is 6.06. The molecule has 1 aromatic carbocycles. The summed E-state index contributed by atoms with van der Waals surface area (Å²) >= 11 is 0. The Morgan fingerprint density at radius 2 is 2.28 bits per heavy atom. The molecular weight excluding hydrogens is 226 g/mol. The molecule has 92 valence electrons. The van der Waals surface area contributed by atoms with Crippen LogP contribution < -0.4 is 5.32 Å². The van der Waals surface area contributed by atoms with Crippen molar-refractivity contribution in [2.45, 2.75) is 13.0 Å². The fourth-order valence-electron chi connectivity index (χ4n) is 2.34. The van der Waals surface area contributed by atoms with E-state index in [9.17, 15) is 4.79 Å². The van der Waals surface area contributed by atoms with Gasteiger partial charge in [0.1, 0.15) is 0 Å². The van der Waals surface area contributed by atoms with Crippen molar-refractivity contribution < 1.29 is 4.79 Å². The monoisotopic (exact) mass is 241 g/mol. The van der Waals surface area contributed by atoms with Gasteiger partial charge in [-0.15, -0.1) is 0 Å². The Morgan fingerprint density at radius 3 is 3.06 bits per heavy atom. The molecule has 0 aliphatic carbocycles. The average molecular weight is 241 g/mol. The molecule has 0 radical (unpaired) electrons. The normalized spacial score (nSPS) is 14.3. The predicted octanol–water partition coefficient (Wildman–Crippen LogP) is 1.30. The number of imidazole rings is 1. The summed E-state index contributed by atoms with van der Waals surface area (Å²) in [6, 6.07) is 5.95. The van der Waals surface area contributed by atoms with Gasteiger partial charge in [0, 0.05) is 31.5 Å². The molecule has 4 nitrogen and oxygen atoms in total. The van der Waals surface area contributed by atoms with Gasteiger partial charge in [-0.2, -0.15) is 0 Å². The molecular formula is C14H15N3O. The highest BCUT2D eigenvalue weighted by Gasteiger charge is 2.16. The molecule has 0 spiro atoms. The zero-order chi connectivity index (χ0) is 12.5. The van der Waals surface area contributed by atoms with Crippen molar-refractivity contribution in [3.63, 3.8) is 0 Å². The summed E-state index contributed by atoms with van der Waals surface area (Å²) in [6.07, 6.45) is 4.46. The number of carbonyl (C=O) groups excluding carboxylic acids is 1. The van der Waals surface area contributed by atoms with Crippen LogP contribution in [0.15, 0.2) is 30.6 Å². The lowest BCUT2D eigenvalue weighted by molar-refractivity contribution is 0.102. The van der Waals surface area contributed by atoms with E-state index in [1.54, 1.807) is 17.0 Å². The maximum Gasteiger partial charge on any atom is 0.228 e. The van der Waals surface area contributed by atoms with E-state index in [0.29, 0.717) is 11.4 Å². The summed E-state index contributed by atoms with van der Waals surface area (Å²) in [5, 5.41) is 3.32. The van der Waals surface area contributed by atoms with Gasteiger partial charge in [-0.3, -0.25) is 4.79 Å². The Morgan fingerprint density at radius 1 is 1.39 bits per heavy atom. The van der Waals surface area contributed by atoms with Crippen LogP contribution in [0, 0.1) is 0 Å². The summed E-state index contributed by atoms with van der Waals surface area (Å²) < 4.78 is 1.75. The number of nitrogens with zero attached hydrogens (tertiary/aromatic N) is 2. The number of nitrogens with one attached hydrogen (secondary N) is 1. The molecule has 1 aromatic heterocycles. The number of aromatic nitrogens is 2. The van der Waals surface area contributed by atoms with E-state index in [1.807, 2.05) is 19.2 Å². The van der Waals surface area contributed by atoms with Gasteiger partial charge in [0.2, 0.25) is 5.78 Å². The lowest BCUT2D eigenvalue weighted by atomic mass is 9.97. The van der Waals surface area contributed by atoms with Crippen LogP contribution in [0.4, 0.5) is 0 Å². The SMILES string of the molecule is Cn1ccnc1C(=O)c1ccc2c(c1)CNCC2. The quantitative estimate of drug-likeness (QED) is 0.806. The first-order valence-electron chi connectivity index (χ1n) is 6.10. The molecule has 2 aromatic rings. The second-order valence-electron chi connectivity index (χ2n) is 4.60. The summed E-state index contributed by atoms with van der Waals surface area (Å²) in [6.45, 7) is 1.86. The molecule has 0 amide bonds. The first-order valence-corrected chi connectivity index (χ1v) is 6.10. The van der Waals surface area contributed by atoms with Crippen molar-refractivity contribution in [1.82, 2.24) is 14.9 Å². The Labute approximate surface area is 106 Å². The minimum absolute atomic E-state index is 0.0177. The minimum Gasteiger partial charge on any atom is -0.331 e. The van der Waals surface area contributed by atoms with E-state index in [4.69, 9.17) is 0 Å². The topological polar surface area (TPSA) is 46.9 Å². The van der Waals surface area contributed by atoms with Gasteiger partial charge in [0.25, 0.3) is 0 Å². The predicted molar refractivity (Wildman–Crippen MR) is 68.5 cm³/mol. The molecule has 1 aliphatic heterocycles. The van der Waals surface area contributed by atoms with Crippen LogP contribution in [0.2, 0.25) is 0 Å². The number of carbonyl (C=O) groups is 1. The first kappa shape index (κ1) is 11.2. The molecule has 1 aliphatic rings. The number of hydrogen-bond donors (Lipinski definition) is 1. The highest BCUT2D eigenvalue weighted by atomic mass is 16.1. The van der Waals surface area contributed by atoms with Crippen LogP contribution in [-0.4, -0.2) is 21.9 Å². The van der Waals surface area contributed by atoms with Crippen LogP contribution in [0.5, 0.6) is 0 Å². The van der Waals surface area contributed by atoms with Gasteiger partial charge < -0.3 is 9.88 Å². The number of rotatable bonds is 2. The maximum absolute atomic E-state index is 12.3. The lowest BCUT2D eigenvalue weighted by Gasteiger charge is -2.17. The van der Waals surface area contributed by atoms with Crippen LogP contribution in [0.25, 0.3) is 0 Å². The molecule has 18 heavy (non-hydrogen) atoms. The zero-order valence-corrected chi connectivity index (χ0v) is 10.3. The van der Waals surface area contributed by atoms with Gasteiger partial charge in [-0.25, -0.2) is 4.98 Å². The van der Waals surface area contributed by atoms with Crippen molar-refractivity contribution in [1.29, 1.82) is 0 Å². The zero-order valence-electron chi connectivity index (χ0n) is 10.3. The van der Waals surface area contributed by atoms with Crippen molar-refractivity contribution in [2.24, 2.45) is 7.05 Å². The van der Waals surface area contributed by atoms with E-state index in [2.05, 4.69) is 16.4 Å². The van der Waals surface area contributed by atoms with Gasteiger partial charge >= 0.3 is 0 Å². The lowest BCUT2D eigenvalue weighted by Crippen LogP contribution is -2.24. The fourth-order valence-corrected chi connectivity index (χ4v) is 2.34. The number of fused-ring (bicyclic) bond motifs is 1. The number of aryl methyl sites for hydroxylation is 1. The van der Waals surface area contributed by atoms with E-state index in [-0.39, 0.29) is 5.78 Å². The molecule has 0 atom stereocenters. The third-order valence-corrected chi connectivity index (χ3v) is 3.38.